The number of tetrazole rings is 1. The van der Waals surface area contributed by atoms with Crippen molar-refractivity contribution in [2.24, 2.45) is 11.8 Å². The third-order valence-corrected chi connectivity index (χ3v) is 9.38. The summed E-state index contributed by atoms with van der Waals surface area (Å²) in [5.41, 5.74) is -1.46. The number of hydrogen-bond acceptors (Lipinski definition) is 9. The number of amides is 3. The number of nitrogens with one attached hydrogen (secondary N) is 2. The van der Waals surface area contributed by atoms with Crippen LogP contribution < -0.4 is 15.4 Å². The smallest absolute Gasteiger partial charge is 0.408 e. The Morgan fingerprint density at radius 2 is 1.88 bits per heavy atom. The van der Waals surface area contributed by atoms with Gasteiger partial charge in [-0.05, 0) is 94.7 Å². The van der Waals surface area contributed by atoms with Gasteiger partial charge in [0.1, 0.15) is 29.0 Å². The highest BCUT2D eigenvalue weighted by Gasteiger charge is 2.61. The Hall–Kier alpha value is -4.49. The summed E-state index contributed by atoms with van der Waals surface area (Å²) in [4.78, 5) is 56.2. The fraction of sp³-hybridized carbons (Fsp3) is 0.618. The molecule has 1 saturated heterocycles. The first kappa shape index (κ1) is 33.4. The summed E-state index contributed by atoms with van der Waals surface area (Å²) < 4.78 is 11.3. The molecule has 1 unspecified atom stereocenters. The van der Waals surface area contributed by atoms with E-state index in [-0.39, 0.29) is 25.3 Å². The minimum absolute atomic E-state index is 0.0660. The lowest BCUT2D eigenvalue weighted by Crippen LogP contribution is -2.56. The maximum atomic E-state index is 14.2. The predicted octanol–water partition coefficient (Wildman–Crippen LogP) is 3.64. The molecule has 0 bridgehead atoms. The molecule has 1 aromatic carbocycles. The van der Waals surface area contributed by atoms with Crippen molar-refractivity contribution < 1.29 is 33.8 Å². The van der Waals surface area contributed by atoms with Gasteiger partial charge in [0.2, 0.25) is 17.6 Å². The molecule has 3 amide bonds. The Balaban J connectivity index is 1.24. The summed E-state index contributed by atoms with van der Waals surface area (Å²) in [7, 11) is 0. The lowest BCUT2D eigenvalue weighted by molar-refractivity contribution is -0.145. The van der Waals surface area contributed by atoms with Crippen molar-refractivity contribution in [2.75, 3.05) is 13.2 Å². The molecule has 5 atom stereocenters. The van der Waals surface area contributed by atoms with Crippen molar-refractivity contribution in [1.82, 2.24) is 35.7 Å². The van der Waals surface area contributed by atoms with Crippen LogP contribution in [-0.4, -0.2) is 90.5 Å². The van der Waals surface area contributed by atoms with Crippen molar-refractivity contribution in [1.29, 1.82) is 0 Å². The van der Waals surface area contributed by atoms with Crippen molar-refractivity contribution in [3.63, 3.8) is 0 Å². The number of carbonyl (C=O) groups is 4. The van der Waals surface area contributed by atoms with Gasteiger partial charge in [-0.15, -0.1) is 10.2 Å². The minimum Gasteiger partial charge on any atom is -0.493 e. The van der Waals surface area contributed by atoms with E-state index in [1.54, 1.807) is 20.8 Å². The zero-order valence-electron chi connectivity index (χ0n) is 27.8. The van der Waals surface area contributed by atoms with Crippen LogP contribution in [0.1, 0.15) is 84.6 Å². The largest absolute Gasteiger partial charge is 0.493 e. The Labute approximate surface area is 279 Å². The van der Waals surface area contributed by atoms with Crippen LogP contribution >= 0.6 is 0 Å². The Morgan fingerprint density at radius 3 is 2.58 bits per heavy atom. The second kappa shape index (κ2) is 13.6. The summed E-state index contributed by atoms with van der Waals surface area (Å²) in [6, 6.07) is 4.96. The highest BCUT2D eigenvalue weighted by atomic mass is 16.6. The van der Waals surface area contributed by atoms with E-state index in [0.29, 0.717) is 31.2 Å². The standard InChI is InChI=1S/C34H45N7O7/c1-33(2,3)48-32(46)35-26-10-8-6-4-5-7-9-23-18-34(23,31(44)45)36-29(42)27-17-24(19-40(27)30(26)43)41-38-28(37-39-41)22-13-15-25(16-14-22)47-20-21-11-12-21/h7,9,13-16,21,23-24,26-27H,4-6,8,10-12,17-20H2,1-3H3,(H,35,46)(H,36,42)(H,44,45)/b9-7-/t23-,24?,26+,27-,34-/m0/s1. The lowest BCUT2D eigenvalue weighted by atomic mass is 10.0. The van der Waals surface area contributed by atoms with Gasteiger partial charge in [0.05, 0.1) is 12.6 Å². The van der Waals surface area contributed by atoms with E-state index in [1.165, 1.54) is 22.5 Å². The minimum atomic E-state index is -1.43. The topological polar surface area (TPSA) is 178 Å². The predicted molar refractivity (Wildman–Crippen MR) is 173 cm³/mol. The van der Waals surface area contributed by atoms with Crippen LogP contribution in [0, 0.1) is 11.8 Å². The molecular formula is C34H45N7O7. The first-order chi connectivity index (χ1) is 22.9. The summed E-state index contributed by atoms with van der Waals surface area (Å²) >= 11 is 0. The maximum absolute atomic E-state index is 14.2. The van der Waals surface area contributed by atoms with E-state index < -0.39 is 53.1 Å². The first-order valence-corrected chi connectivity index (χ1v) is 17.0. The fourth-order valence-corrected chi connectivity index (χ4v) is 6.39. The van der Waals surface area contributed by atoms with Crippen LogP contribution in [-0.2, 0) is 19.1 Å². The summed E-state index contributed by atoms with van der Waals surface area (Å²) in [5.74, 6) is -0.681. The van der Waals surface area contributed by atoms with Gasteiger partial charge in [0.15, 0.2) is 0 Å². The van der Waals surface area contributed by atoms with E-state index >= 15 is 0 Å². The van der Waals surface area contributed by atoms with Gasteiger partial charge >= 0.3 is 12.1 Å². The van der Waals surface area contributed by atoms with Gasteiger partial charge in [0, 0.05) is 24.4 Å². The van der Waals surface area contributed by atoms with Gasteiger partial charge < -0.3 is 30.1 Å². The number of ether oxygens (including phenoxy) is 2. The number of alkyl carbamates (subject to hydrolysis) is 1. The molecule has 0 spiro atoms. The highest BCUT2D eigenvalue weighted by Crippen LogP contribution is 2.45. The lowest BCUT2D eigenvalue weighted by Gasteiger charge is -2.30. The Kier molecular flexibility index (Phi) is 9.44. The second-order valence-corrected chi connectivity index (χ2v) is 14.4. The van der Waals surface area contributed by atoms with Gasteiger partial charge in [-0.1, -0.05) is 25.0 Å². The molecule has 6 rings (SSSR count). The van der Waals surface area contributed by atoms with Crippen LogP contribution in [0.5, 0.6) is 5.75 Å². The van der Waals surface area contributed by atoms with Crippen molar-refractivity contribution >= 4 is 23.9 Å². The average Bonchev–Trinajstić information content (AvgIpc) is 3.87. The molecule has 3 heterocycles. The molecule has 258 valence electrons. The van der Waals surface area contributed by atoms with Crippen molar-refractivity contribution in [3.05, 3.63) is 36.4 Å². The van der Waals surface area contributed by atoms with Crippen LogP contribution in [0.2, 0.25) is 0 Å². The summed E-state index contributed by atoms with van der Waals surface area (Å²) in [5, 5.41) is 28.7. The number of aromatic nitrogens is 4. The number of benzene rings is 1. The molecule has 2 saturated carbocycles. The molecule has 2 aromatic rings. The number of allylic oxidation sites excluding steroid dienone is 1. The average molecular weight is 664 g/mol. The molecule has 14 nitrogen and oxygen atoms in total. The number of fused-ring (bicyclic) bond motifs is 2. The monoisotopic (exact) mass is 663 g/mol. The molecule has 2 aliphatic heterocycles. The molecule has 1 aromatic heterocycles. The molecule has 3 fully saturated rings. The highest BCUT2D eigenvalue weighted by molar-refractivity contribution is 5.96. The molecule has 48 heavy (non-hydrogen) atoms. The quantitative estimate of drug-likeness (QED) is 0.371. The van der Waals surface area contributed by atoms with Gasteiger partial charge in [-0.25, -0.2) is 9.59 Å². The molecule has 3 N–H and O–H groups in total. The first-order valence-electron chi connectivity index (χ1n) is 17.0. The Morgan fingerprint density at radius 1 is 1.10 bits per heavy atom. The second-order valence-electron chi connectivity index (χ2n) is 14.4. The molecule has 0 radical (unpaired) electrons. The zero-order chi connectivity index (χ0) is 34.1. The Bertz CT molecular complexity index is 1550. The number of nitrogens with zero attached hydrogens (tertiary/aromatic N) is 5. The van der Waals surface area contributed by atoms with Crippen molar-refractivity contribution in [3.8, 4) is 17.1 Å². The summed E-state index contributed by atoms with van der Waals surface area (Å²) in [6.07, 6.45) is 9.34. The zero-order valence-corrected chi connectivity index (χ0v) is 27.8. The molecule has 14 heteroatoms. The van der Waals surface area contributed by atoms with E-state index in [0.717, 1.165) is 30.6 Å². The van der Waals surface area contributed by atoms with Crippen LogP contribution in [0.4, 0.5) is 4.79 Å². The number of rotatable bonds is 7. The SMILES string of the molecule is CC(C)(C)OC(=O)N[C@@H]1CCCCC/C=C\[C@H]2C[C@]2(C(=O)O)NC(=O)[C@@H]2CC(n3nnc(-c4ccc(OCC5CC5)cc4)n3)CN2C1=O. The third kappa shape index (κ3) is 7.79. The van der Waals surface area contributed by atoms with Gasteiger partial charge in [-0.2, -0.15) is 4.80 Å². The number of hydrogen-bond donors (Lipinski definition) is 3. The normalized spacial score (nSPS) is 28.6. The number of carbonyl (C=O) groups excluding carboxylic acids is 3. The maximum Gasteiger partial charge on any atom is 0.408 e. The number of carboxylic acids is 1. The molecule has 4 aliphatic rings. The van der Waals surface area contributed by atoms with Gasteiger partial charge in [0.25, 0.3) is 0 Å². The van der Waals surface area contributed by atoms with Crippen LogP contribution in [0.25, 0.3) is 11.4 Å². The number of carboxylic acid groups (broad SMARTS) is 1. The van der Waals surface area contributed by atoms with E-state index in [4.69, 9.17) is 9.47 Å². The van der Waals surface area contributed by atoms with Crippen molar-refractivity contribution in [2.45, 2.75) is 108 Å². The molecular weight excluding hydrogens is 618 g/mol. The van der Waals surface area contributed by atoms with Crippen LogP contribution in [0.15, 0.2) is 36.4 Å². The van der Waals surface area contributed by atoms with E-state index in [9.17, 15) is 24.3 Å². The van der Waals surface area contributed by atoms with Gasteiger partial charge in [-0.3, -0.25) is 9.59 Å². The fourth-order valence-electron chi connectivity index (χ4n) is 6.39. The van der Waals surface area contributed by atoms with E-state index in [2.05, 4.69) is 26.0 Å². The van der Waals surface area contributed by atoms with Crippen LogP contribution in [0.3, 0.4) is 0 Å². The van der Waals surface area contributed by atoms with E-state index in [1.807, 2.05) is 36.4 Å². The number of aliphatic carboxylic acids is 1. The summed E-state index contributed by atoms with van der Waals surface area (Å²) in [6.45, 7) is 5.99. The third-order valence-electron chi connectivity index (χ3n) is 9.38. The molecule has 2 aliphatic carbocycles.